The van der Waals surface area contributed by atoms with E-state index < -0.39 is 0 Å². The molecular formula is C21H32N2O2. The number of carbonyl (C=O) groups is 1. The number of aryl methyl sites for hydroxylation is 1. The molecule has 0 bridgehead atoms. The number of ether oxygens (including phenoxy) is 1. The Morgan fingerprint density at radius 1 is 1.12 bits per heavy atom. The number of methoxy groups -OCH3 is 1. The lowest BCUT2D eigenvalue weighted by molar-refractivity contribution is -0.128. The summed E-state index contributed by atoms with van der Waals surface area (Å²) < 4.78 is 7.87. The van der Waals surface area contributed by atoms with E-state index >= 15 is 0 Å². The summed E-state index contributed by atoms with van der Waals surface area (Å²) in [4.78, 5) is 14.4. The van der Waals surface area contributed by atoms with E-state index in [1.54, 1.807) is 13.2 Å². The molecule has 2 heterocycles. The lowest BCUT2D eigenvalue weighted by atomic mass is 9.95. The number of hydrogen-bond acceptors (Lipinski definition) is 2. The number of nitrogens with zero attached hydrogens (tertiary/aromatic N) is 2. The van der Waals surface area contributed by atoms with Gasteiger partial charge in [0.05, 0.1) is 6.10 Å². The molecule has 0 unspecified atom stereocenters. The number of amides is 1. The predicted molar refractivity (Wildman–Crippen MR) is 102 cm³/mol. The molecule has 1 aromatic rings. The maximum Gasteiger partial charge on any atom is 0.246 e. The quantitative estimate of drug-likeness (QED) is 0.765. The van der Waals surface area contributed by atoms with E-state index in [0.29, 0.717) is 12.1 Å². The number of hydrogen-bond donors (Lipinski definition) is 0. The van der Waals surface area contributed by atoms with Gasteiger partial charge >= 0.3 is 0 Å². The minimum absolute atomic E-state index is 0.122. The van der Waals surface area contributed by atoms with Crippen LogP contribution in [0.1, 0.15) is 67.9 Å². The summed E-state index contributed by atoms with van der Waals surface area (Å²) in [5.41, 5.74) is 3.80. The van der Waals surface area contributed by atoms with Crippen LogP contribution in [0, 0.1) is 13.8 Å². The number of aromatic nitrogens is 1. The van der Waals surface area contributed by atoms with Crippen LogP contribution in [0.4, 0.5) is 0 Å². The van der Waals surface area contributed by atoms with Crippen molar-refractivity contribution in [3.63, 3.8) is 0 Å². The number of likely N-dealkylation sites (tertiary alicyclic amines) is 1. The fraction of sp³-hybridized carbons (Fsp3) is 0.667. The normalized spacial score (nSPS) is 20.5. The van der Waals surface area contributed by atoms with Gasteiger partial charge in [-0.1, -0.05) is 19.3 Å². The Labute approximate surface area is 151 Å². The summed E-state index contributed by atoms with van der Waals surface area (Å²) in [7, 11) is 1.75. The van der Waals surface area contributed by atoms with Crippen LogP contribution in [0.15, 0.2) is 12.1 Å². The monoisotopic (exact) mass is 344 g/mol. The molecule has 1 saturated heterocycles. The molecule has 1 aromatic heterocycles. The zero-order chi connectivity index (χ0) is 17.8. The second-order valence-corrected chi connectivity index (χ2v) is 7.58. The standard InChI is InChI=1S/C21H32N2O2/c1-16-15-18(17(2)23(16)19-7-5-4-6-8-19)9-10-21(24)22-13-11-20(25-3)12-14-22/h9-10,15,19-20H,4-8,11-14H2,1-3H3/b10-9+. The van der Waals surface area contributed by atoms with Crippen LogP contribution in [0.25, 0.3) is 6.08 Å². The van der Waals surface area contributed by atoms with Gasteiger partial charge in [-0.25, -0.2) is 0 Å². The maximum absolute atomic E-state index is 12.5. The summed E-state index contributed by atoms with van der Waals surface area (Å²) in [6, 6.07) is 2.87. The molecule has 138 valence electrons. The van der Waals surface area contributed by atoms with E-state index in [4.69, 9.17) is 4.74 Å². The summed E-state index contributed by atoms with van der Waals surface area (Å²) in [6.45, 7) is 5.97. The molecular weight excluding hydrogens is 312 g/mol. The van der Waals surface area contributed by atoms with Gasteiger partial charge in [0.25, 0.3) is 0 Å². The summed E-state index contributed by atoms with van der Waals surface area (Å²) >= 11 is 0. The molecule has 0 spiro atoms. The van der Waals surface area contributed by atoms with E-state index in [-0.39, 0.29) is 5.91 Å². The Morgan fingerprint density at radius 2 is 1.80 bits per heavy atom. The predicted octanol–water partition coefficient (Wildman–Crippen LogP) is 4.26. The first kappa shape index (κ1) is 18.2. The van der Waals surface area contributed by atoms with E-state index in [1.165, 1.54) is 49.1 Å². The fourth-order valence-electron chi connectivity index (χ4n) is 4.45. The van der Waals surface area contributed by atoms with Crippen molar-refractivity contribution in [3.05, 3.63) is 29.1 Å². The van der Waals surface area contributed by atoms with E-state index in [1.807, 2.05) is 11.0 Å². The van der Waals surface area contributed by atoms with Crippen molar-refractivity contribution in [2.45, 2.75) is 70.9 Å². The molecule has 2 aliphatic rings. The third-order valence-electron chi connectivity index (χ3n) is 5.96. The summed E-state index contributed by atoms with van der Waals surface area (Å²) in [5.74, 6) is 0.122. The highest BCUT2D eigenvalue weighted by Gasteiger charge is 2.22. The van der Waals surface area contributed by atoms with Crippen LogP contribution >= 0.6 is 0 Å². The van der Waals surface area contributed by atoms with Gasteiger partial charge in [-0.3, -0.25) is 4.79 Å². The molecule has 25 heavy (non-hydrogen) atoms. The maximum atomic E-state index is 12.5. The van der Waals surface area contributed by atoms with Gasteiger partial charge in [0.2, 0.25) is 5.91 Å². The molecule has 0 N–H and O–H groups in total. The average Bonchev–Trinajstić information content (AvgIpc) is 2.94. The van der Waals surface area contributed by atoms with E-state index in [0.717, 1.165) is 25.9 Å². The first-order valence-electron chi connectivity index (χ1n) is 9.78. The van der Waals surface area contributed by atoms with Crippen molar-refractivity contribution in [1.82, 2.24) is 9.47 Å². The Balaban J connectivity index is 1.66. The second kappa shape index (κ2) is 8.22. The SMILES string of the molecule is COC1CCN(C(=O)/C=C/c2cc(C)n(C3CCCCC3)c2C)CC1. The molecule has 4 nitrogen and oxygen atoms in total. The Bertz CT molecular complexity index is 618. The molecule has 1 aliphatic carbocycles. The molecule has 1 saturated carbocycles. The first-order chi connectivity index (χ1) is 12.1. The van der Waals surface area contributed by atoms with E-state index in [9.17, 15) is 4.79 Å². The number of rotatable bonds is 4. The third-order valence-corrected chi connectivity index (χ3v) is 5.96. The third kappa shape index (κ3) is 4.17. The fourth-order valence-corrected chi connectivity index (χ4v) is 4.45. The van der Waals surface area contributed by atoms with Crippen LogP contribution < -0.4 is 0 Å². The highest BCUT2D eigenvalue weighted by atomic mass is 16.5. The first-order valence-corrected chi connectivity index (χ1v) is 9.78. The van der Waals surface area contributed by atoms with Crippen LogP contribution in [0.5, 0.6) is 0 Å². The molecule has 4 heteroatoms. The average molecular weight is 344 g/mol. The van der Waals surface area contributed by atoms with Crippen LogP contribution in [0.3, 0.4) is 0 Å². The molecule has 1 aliphatic heterocycles. The van der Waals surface area contributed by atoms with Gasteiger partial charge in [0, 0.05) is 43.7 Å². The zero-order valence-electron chi connectivity index (χ0n) is 16.0. The molecule has 3 rings (SSSR count). The molecule has 0 radical (unpaired) electrons. The highest BCUT2D eigenvalue weighted by Crippen LogP contribution is 2.32. The highest BCUT2D eigenvalue weighted by molar-refractivity contribution is 5.92. The summed E-state index contributed by atoms with van der Waals surface area (Å²) in [5, 5.41) is 0. The lowest BCUT2D eigenvalue weighted by Gasteiger charge is -2.30. The van der Waals surface area contributed by atoms with Gasteiger partial charge in [-0.2, -0.15) is 0 Å². The van der Waals surface area contributed by atoms with Crippen molar-refractivity contribution >= 4 is 12.0 Å². The van der Waals surface area contributed by atoms with Gasteiger partial charge in [0.1, 0.15) is 0 Å². The Morgan fingerprint density at radius 3 is 2.44 bits per heavy atom. The van der Waals surface area contributed by atoms with Crippen LogP contribution in [0.2, 0.25) is 0 Å². The lowest BCUT2D eigenvalue weighted by Crippen LogP contribution is -2.39. The molecule has 2 fully saturated rings. The number of carbonyl (C=O) groups excluding carboxylic acids is 1. The largest absolute Gasteiger partial charge is 0.381 e. The van der Waals surface area contributed by atoms with Crippen molar-refractivity contribution in [2.24, 2.45) is 0 Å². The summed E-state index contributed by atoms with van der Waals surface area (Å²) in [6.07, 6.45) is 12.6. The van der Waals surface area contributed by atoms with Gasteiger partial charge in [0.15, 0.2) is 0 Å². The number of piperidine rings is 1. The van der Waals surface area contributed by atoms with Crippen molar-refractivity contribution < 1.29 is 9.53 Å². The van der Waals surface area contributed by atoms with E-state index in [2.05, 4.69) is 24.5 Å². The van der Waals surface area contributed by atoms with Crippen molar-refractivity contribution in [3.8, 4) is 0 Å². The minimum atomic E-state index is 0.122. The topological polar surface area (TPSA) is 34.5 Å². The second-order valence-electron chi connectivity index (χ2n) is 7.58. The van der Waals surface area contributed by atoms with Gasteiger partial charge in [-0.15, -0.1) is 0 Å². The minimum Gasteiger partial charge on any atom is -0.381 e. The van der Waals surface area contributed by atoms with Crippen molar-refractivity contribution in [2.75, 3.05) is 20.2 Å². The van der Waals surface area contributed by atoms with Crippen LogP contribution in [-0.4, -0.2) is 41.7 Å². The van der Waals surface area contributed by atoms with Gasteiger partial charge in [-0.05, 0) is 57.2 Å². The Kier molecular flexibility index (Phi) is 6.00. The zero-order valence-corrected chi connectivity index (χ0v) is 16.0. The molecule has 0 aromatic carbocycles. The van der Waals surface area contributed by atoms with Crippen molar-refractivity contribution in [1.29, 1.82) is 0 Å². The Hall–Kier alpha value is -1.55. The van der Waals surface area contributed by atoms with Crippen LogP contribution in [-0.2, 0) is 9.53 Å². The molecule has 1 amide bonds. The smallest absolute Gasteiger partial charge is 0.246 e. The van der Waals surface area contributed by atoms with Gasteiger partial charge < -0.3 is 14.2 Å². The molecule has 0 atom stereocenters.